The number of nitrogens with zero attached hydrogens (tertiary/aromatic N) is 2. The van der Waals surface area contributed by atoms with Gasteiger partial charge in [-0.2, -0.15) is 0 Å². The minimum atomic E-state index is 0.213. The Morgan fingerprint density at radius 1 is 1.44 bits per heavy atom. The van der Waals surface area contributed by atoms with Crippen LogP contribution in [0.5, 0.6) is 5.88 Å². The van der Waals surface area contributed by atoms with Crippen LogP contribution in [0.1, 0.15) is 11.5 Å². The number of furan rings is 1. The fourth-order valence-corrected chi connectivity index (χ4v) is 1.16. The fraction of sp³-hybridized carbons (Fsp3) is 0.100. The normalized spacial score (nSPS) is 10.0. The van der Waals surface area contributed by atoms with Gasteiger partial charge in [-0.3, -0.25) is 0 Å². The van der Waals surface area contributed by atoms with Crippen LogP contribution in [-0.4, -0.2) is 15.0 Å². The van der Waals surface area contributed by atoms with Crippen molar-refractivity contribution < 1.29 is 9.15 Å². The molecule has 0 aliphatic carbocycles. The second kappa shape index (κ2) is 4.71. The van der Waals surface area contributed by atoms with Crippen molar-refractivity contribution in [3.63, 3.8) is 0 Å². The van der Waals surface area contributed by atoms with Gasteiger partial charge in [0.1, 0.15) is 23.0 Å². The highest BCUT2D eigenvalue weighted by Gasteiger charge is 2.02. The van der Waals surface area contributed by atoms with E-state index in [0.29, 0.717) is 18.2 Å². The van der Waals surface area contributed by atoms with E-state index in [1.165, 1.54) is 12.4 Å². The summed E-state index contributed by atoms with van der Waals surface area (Å²) in [5.74, 6) is 1.12. The molecule has 0 aromatic carbocycles. The van der Waals surface area contributed by atoms with Crippen LogP contribution in [0.25, 0.3) is 0 Å². The molecule has 6 heteroatoms. The van der Waals surface area contributed by atoms with Crippen molar-refractivity contribution in [1.29, 1.82) is 0 Å². The third kappa shape index (κ3) is 2.54. The summed E-state index contributed by atoms with van der Waals surface area (Å²) in [5.41, 5.74) is 5.86. The summed E-state index contributed by atoms with van der Waals surface area (Å²) < 4.78 is 10.4. The molecule has 16 heavy (non-hydrogen) atoms. The molecule has 0 fully saturated rings. The summed E-state index contributed by atoms with van der Waals surface area (Å²) in [6.07, 6.45) is 4.53. The van der Waals surface area contributed by atoms with Crippen LogP contribution in [-0.2, 0) is 6.61 Å². The predicted octanol–water partition coefficient (Wildman–Crippen LogP) is 1.28. The zero-order chi connectivity index (χ0) is 11.4. The van der Waals surface area contributed by atoms with Gasteiger partial charge in [0.2, 0.25) is 5.88 Å². The highest BCUT2D eigenvalue weighted by atomic mass is 32.1. The Balaban J connectivity index is 1.98. The number of hydrogen-bond donors (Lipinski definition) is 1. The Hall–Kier alpha value is -1.95. The van der Waals surface area contributed by atoms with E-state index in [1.807, 2.05) is 6.07 Å². The van der Waals surface area contributed by atoms with Gasteiger partial charge in [0.25, 0.3) is 0 Å². The molecule has 5 nitrogen and oxygen atoms in total. The first kappa shape index (κ1) is 10.6. The molecule has 2 heterocycles. The third-order valence-electron chi connectivity index (χ3n) is 1.82. The van der Waals surface area contributed by atoms with Crippen molar-refractivity contribution in [1.82, 2.24) is 9.97 Å². The Bertz CT molecular complexity index is 467. The van der Waals surface area contributed by atoms with E-state index in [-0.39, 0.29) is 4.99 Å². The van der Waals surface area contributed by atoms with Gasteiger partial charge in [-0.1, -0.05) is 12.2 Å². The molecule has 0 unspecified atom stereocenters. The van der Waals surface area contributed by atoms with Crippen molar-refractivity contribution in [2.45, 2.75) is 6.61 Å². The van der Waals surface area contributed by atoms with Crippen molar-refractivity contribution in [3.05, 3.63) is 42.2 Å². The molecule has 2 N–H and O–H groups in total. The van der Waals surface area contributed by atoms with Crippen LogP contribution in [0.4, 0.5) is 0 Å². The van der Waals surface area contributed by atoms with Crippen LogP contribution in [0, 0.1) is 0 Å². The van der Waals surface area contributed by atoms with Crippen LogP contribution in [0.2, 0.25) is 0 Å². The summed E-state index contributed by atoms with van der Waals surface area (Å²) in [6.45, 7) is 0.314. The summed E-state index contributed by atoms with van der Waals surface area (Å²) in [5, 5.41) is 0. The minimum Gasteiger partial charge on any atom is -0.468 e. The van der Waals surface area contributed by atoms with Crippen molar-refractivity contribution in [3.8, 4) is 5.88 Å². The smallest absolute Gasteiger partial charge is 0.232 e. The maximum atomic E-state index is 5.39. The Morgan fingerprint density at radius 2 is 2.31 bits per heavy atom. The molecule has 0 aliphatic rings. The standard InChI is InChI=1S/C10H9N3O2S/c11-10(16)8-4-13-9(5-12-8)15-6-7-2-1-3-14-7/h1-5H,6H2,(H2,11,16). The van der Waals surface area contributed by atoms with Gasteiger partial charge in [-0.25, -0.2) is 9.97 Å². The molecule has 0 spiro atoms. The maximum Gasteiger partial charge on any atom is 0.232 e. The Morgan fingerprint density at radius 3 is 2.88 bits per heavy atom. The van der Waals surface area contributed by atoms with Gasteiger partial charge in [0.15, 0.2) is 0 Å². The van der Waals surface area contributed by atoms with Crippen LogP contribution in [0.15, 0.2) is 35.2 Å². The van der Waals surface area contributed by atoms with Gasteiger partial charge in [-0.15, -0.1) is 0 Å². The van der Waals surface area contributed by atoms with Gasteiger partial charge in [0, 0.05) is 0 Å². The van der Waals surface area contributed by atoms with E-state index < -0.39 is 0 Å². The lowest BCUT2D eigenvalue weighted by atomic mass is 10.4. The molecular weight excluding hydrogens is 226 g/mol. The van der Waals surface area contributed by atoms with Gasteiger partial charge < -0.3 is 14.9 Å². The molecule has 2 aromatic heterocycles. The van der Waals surface area contributed by atoms with E-state index >= 15 is 0 Å². The van der Waals surface area contributed by atoms with Gasteiger partial charge >= 0.3 is 0 Å². The lowest BCUT2D eigenvalue weighted by Crippen LogP contribution is -2.12. The lowest BCUT2D eigenvalue weighted by molar-refractivity contribution is 0.259. The molecule has 0 amide bonds. The molecule has 2 aromatic rings. The number of ether oxygens (including phenoxy) is 1. The van der Waals surface area contributed by atoms with Crippen molar-refractivity contribution >= 4 is 17.2 Å². The molecule has 0 saturated carbocycles. The molecule has 0 saturated heterocycles. The quantitative estimate of drug-likeness (QED) is 0.805. The first-order chi connectivity index (χ1) is 7.75. The first-order valence-corrected chi connectivity index (χ1v) is 4.93. The lowest BCUT2D eigenvalue weighted by Gasteiger charge is -2.02. The predicted molar refractivity (Wildman–Crippen MR) is 61.0 cm³/mol. The Kier molecular flexibility index (Phi) is 3.11. The molecule has 0 aliphatic heterocycles. The number of rotatable bonds is 4. The van der Waals surface area contributed by atoms with E-state index in [1.54, 1.807) is 12.3 Å². The van der Waals surface area contributed by atoms with Crippen molar-refractivity contribution in [2.75, 3.05) is 0 Å². The average molecular weight is 235 g/mol. The van der Waals surface area contributed by atoms with Gasteiger partial charge in [-0.05, 0) is 12.1 Å². The second-order valence-corrected chi connectivity index (χ2v) is 3.41. The monoisotopic (exact) mass is 235 g/mol. The van der Waals surface area contributed by atoms with Crippen molar-refractivity contribution in [2.24, 2.45) is 5.73 Å². The molecule has 82 valence electrons. The third-order valence-corrected chi connectivity index (χ3v) is 2.03. The molecular formula is C10H9N3O2S. The van der Waals surface area contributed by atoms with E-state index in [9.17, 15) is 0 Å². The minimum absolute atomic E-state index is 0.213. The number of nitrogens with two attached hydrogens (primary N) is 1. The second-order valence-electron chi connectivity index (χ2n) is 2.97. The summed E-state index contributed by atoms with van der Waals surface area (Å²) in [4.78, 5) is 8.21. The fourth-order valence-electron chi connectivity index (χ4n) is 1.06. The summed E-state index contributed by atoms with van der Waals surface area (Å²) in [7, 11) is 0. The highest BCUT2D eigenvalue weighted by molar-refractivity contribution is 7.80. The number of hydrogen-bond acceptors (Lipinski definition) is 5. The van der Waals surface area contributed by atoms with E-state index in [4.69, 9.17) is 27.1 Å². The first-order valence-electron chi connectivity index (χ1n) is 4.53. The molecule has 0 bridgehead atoms. The van der Waals surface area contributed by atoms with E-state index in [2.05, 4.69) is 9.97 Å². The highest BCUT2D eigenvalue weighted by Crippen LogP contribution is 2.08. The summed E-state index contributed by atoms with van der Waals surface area (Å²) >= 11 is 4.75. The number of aromatic nitrogens is 2. The van der Waals surface area contributed by atoms with Gasteiger partial charge in [0.05, 0.1) is 18.7 Å². The topological polar surface area (TPSA) is 74.2 Å². The number of thiocarbonyl (C=S) groups is 1. The average Bonchev–Trinajstić information content (AvgIpc) is 2.80. The zero-order valence-corrected chi connectivity index (χ0v) is 9.11. The van der Waals surface area contributed by atoms with Crippen LogP contribution < -0.4 is 10.5 Å². The Labute approximate surface area is 97.3 Å². The molecule has 0 radical (unpaired) electrons. The maximum absolute atomic E-state index is 5.39. The van der Waals surface area contributed by atoms with E-state index in [0.717, 1.165) is 5.76 Å². The summed E-state index contributed by atoms with van der Waals surface area (Å²) in [6, 6.07) is 3.61. The van der Waals surface area contributed by atoms with Crippen LogP contribution in [0.3, 0.4) is 0 Å². The largest absolute Gasteiger partial charge is 0.468 e. The molecule has 0 atom stereocenters. The zero-order valence-electron chi connectivity index (χ0n) is 8.29. The molecule has 2 rings (SSSR count). The SMILES string of the molecule is NC(=S)c1cnc(OCc2ccco2)cn1. The van der Waals surface area contributed by atoms with Crippen LogP contribution >= 0.6 is 12.2 Å².